The zero-order valence-electron chi connectivity index (χ0n) is 11.0. The fourth-order valence-corrected chi connectivity index (χ4v) is 2.21. The summed E-state index contributed by atoms with van der Waals surface area (Å²) in [7, 11) is 0. The number of benzene rings is 2. The van der Waals surface area contributed by atoms with Crippen molar-refractivity contribution < 1.29 is 9.50 Å². The topological polar surface area (TPSA) is 20.2 Å². The third-order valence-electron chi connectivity index (χ3n) is 3.36. The van der Waals surface area contributed by atoms with Crippen LogP contribution < -0.4 is 0 Å². The lowest BCUT2D eigenvalue weighted by atomic mass is 9.98. The largest absolute Gasteiger partial charge is 0.388 e. The van der Waals surface area contributed by atoms with Crippen LogP contribution in [0.4, 0.5) is 4.39 Å². The van der Waals surface area contributed by atoms with Crippen LogP contribution in [0.25, 0.3) is 0 Å². The zero-order valence-corrected chi connectivity index (χ0v) is 11.7. The number of hydrogen-bond donors (Lipinski definition) is 1. The fraction of sp³-hybridized carbons (Fsp3) is 0.250. The molecule has 0 fully saturated rings. The summed E-state index contributed by atoms with van der Waals surface area (Å²) in [4.78, 5) is 0. The lowest BCUT2D eigenvalue weighted by molar-refractivity contribution is 0.178. The van der Waals surface area contributed by atoms with Gasteiger partial charge in [-0.15, -0.1) is 0 Å². The van der Waals surface area contributed by atoms with Crippen LogP contribution in [0.5, 0.6) is 0 Å². The quantitative estimate of drug-likeness (QED) is 0.884. The van der Waals surface area contributed by atoms with Crippen molar-refractivity contribution in [2.24, 2.45) is 0 Å². The first kappa shape index (κ1) is 14.0. The Hall–Kier alpha value is -1.38. The molecule has 0 amide bonds. The molecule has 0 aromatic heterocycles. The lowest BCUT2D eigenvalue weighted by Crippen LogP contribution is -2.03. The summed E-state index contributed by atoms with van der Waals surface area (Å²) >= 11 is 5.90. The fourth-order valence-electron chi connectivity index (χ4n) is 2.00. The van der Waals surface area contributed by atoms with Crippen LogP contribution in [-0.2, 0) is 6.42 Å². The molecule has 0 spiro atoms. The van der Waals surface area contributed by atoms with Gasteiger partial charge in [0.05, 0.1) is 11.1 Å². The summed E-state index contributed by atoms with van der Waals surface area (Å²) in [5.41, 5.74) is 3.75. The van der Waals surface area contributed by atoms with E-state index in [0.29, 0.717) is 12.0 Å². The Morgan fingerprint density at radius 2 is 1.89 bits per heavy atom. The van der Waals surface area contributed by atoms with Crippen LogP contribution in [0.1, 0.15) is 28.4 Å². The van der Waals surface area contributed by atoms with Crippen molar-refractivity contribution in [1.82, 2.24) is 0 Å². The normalized spacial score (nSPS) is 12.5. The van der Waals surface area contributed by atoms with E-state index in [1.165, 1.54) is 11.6 Å². The molecule has 1 unspecified atom stereocenters. The van der Waals surface area contributed by atoms with Gasteiger partial charge >= 0.3 is 0 Å². The molecule has 2 rings (SSSR count). The Kier molecular flexibility index (Phi) is 4.23. The van der Waals surface area contributed by atoms with E-state index in [4.69, 9.17) is 11.6 Å². The summed E-state index contributed by atoms with van der Waals surface area (Å²) in [6.07, 6.45) is -0.377. The van der Waals surface area contributed by atoms with Crippen molar-refractivity contribution in [1.29, 1.82) is 0 Å². The number of aryl methyl sites for hydroxylation is 2. The average Bonchev–Trinajstić information content (AvgIpc) is 2.38. The molecule has 0 aliphatic carbocycles. The first-order valence-corrected chi connectivity index (χ1v) is 6.55. The molecule has 0 saturated heterocycles. The highest BCUT2D eigenvalue weighted by Crippen LogP contribution is 2.26. The van der Waals surface area contributed by atoms with E-state index < -0.39 is 11.9 Å². The number of halogens is 2. The SMILES string of the molecule is Cc1ccc(C(O)Cc2cccc(F)c2Cl)cc1C. The molecule has 1 atom stereocenters. The van der Waals surface area contributed by atoms with Crippen molar-refractivity contribution >= 4 is 11.6 Å². The van der Waals surface area contributed by atoms with E-state index in [9.17, 15) is 9.50 Å². The van der Waals surface area contributed by atoms with Crippen molar-refractivity contribution in [2.45, 2.75) is 26.4 Å². The van der Waals surface area contributed by atoms with Crippen molar-refractivity contribution in [3.05, 3.63) is 69.5 Å². The van der Waals surface area contributed by atoms with Crippen LogP contribution in [0, 0.1) is 19.7 Å². The minimum atomic E-state index is -0.682. The van der Waals surface area contributed by atoms with E-state index >= 15 is 0 Å². The van der Waals surface area contributed by atoms with Gasteiger partial charge in [-0.05, 0) is 42.2 Å². The minimum Gasteiger partial charge on any atom is -0.388 e. The number of aliphatic hydroxyl groups excluding tert-OH is 1. The van der Waals surface area contributed by atoms with Gasteiger partial charge in [0.2, 0.25) is 0 Å². The van der Waals surface area contributed by atoms with E-state index in [2.05, 4.69) is 0 Å². The number of rotatable bonds is 3. The molecule has 0 saturated carbocycles. The molecular weight excluding hydrogens is 263 g/mol. The van der Waals surface area contributed by atoms with Crippen LogP contribution in [0.2, 0.25) is 5.02 Å². The second kappa shape index (κ2) is 5.72. The molecule has 1 N–H and O–H groups in total. The maximum atomic E-state index is 13.3. The first-order valence-electron chi connectivity index (χ1n) is 6.17. The summed E-state index contributed by atoms with van der Waals surface area (Å²) < 4.78 is 13.3. The number of hydrogen-bond acceptors (Lipinski definition) is 1. The molecule has 0 radical (unpaired) electrons. The summed E-state index contributed by atoms with van der Waals surface area (Å²) in [6, 6.07) is 10.5. The number of aliphatic hydroxyl groups is 1. The van der Waals surface area contributed by atoms with Crippen LogP contribution in [0.3, 0.4) is 0 Å². The molecular formula is C16H16ClFO. The van der Waals surface area contributed by atoms with Gasteiger partial charge in [-0.3, -0.25) is 0 Å². The summed E-state index contributed by atoms with van der Waals surface area (Å²) in [5.74, 6) is -0.452. The van der Waals surface area contributed by atoms with Crippen LogP contribution >= 0.6 is 11.6 Å². The molecule has 0 bridgehead atoms. The molecule has 100 valence electrons. The van der Waals surface area contributed by atoms with Gasteiger partial charge in [-0.2, -0.15) is 0 Å². The van der Waals surface area contributed by atoms with Crippen molar-refractivity contribution in [2.75, 3.05) is 0 Å². The van der Waals surface area contributed by atoms with Gasteiger partial charge in [0.15, 0.2) is 0 Å². The highest BCUT2D eigenvalue weighted by molar-refractivity contribution is 6.31. The van der Waals surface area contributed by atoms with Crippen LogP contribution in [0.15, 0.2) is 36.4 Å². The monoisotopic (exact) mass is 278 g/mol. The molecule has 3 heteroatoms. The van der Waals surface area contributed by atoms with E-state index in [-0.39, 0.29) is 5.02 Å². The second-order valence-corrected chi connectivity index (χ2v) is 5.15. The summed E-state index contributed by atoms with van der Waals surface area (Å²) in [5, 5.41) is 10.3. The van der Waals surface area contributed by atoms with Gasteiger partial charge in [0.1, 0.15) is 5.82 Å². The van der Waals surface area contributed by atoms with Crippen molar-refractivity contribution in [3.8, 4) is 0 Å². The Morgan fingerprint density at radius 3 is 2.58 bits per heavy atom. The third kappa shape index (κ3) is 3.14. The first-order chi connectivity index (χ1) is 8.99. The maximum absolute atomic E-state index is 13.3. The van der Waals surface area contributed by atoms with Crippen molar-refractivity contribution in [3.63, 3.8) is 0 Å². The highest BCUT2D eigenvalue weighted by atomic mass is 35.5. The Balaban J connectivity index is 2.23. The highest BCUT2D eigenvalue weighted by Gasteiger charge is 2.13. The van der Waals surface area contributed by atoms with E-state index in [1.54, 1.807) is 12.1 Å². The minimum absolute atomic E-state index is 0.0883. The molecule has 0 aliphatic rings. The maximum Gasteiger partial charge on any atom is 0.142 e. The third-order valence-corrected chi connectivity index (χ3v) is 3.78. The van der Waals surface area contributed by atoms with Gasteiger partial charge in [-0.25, -0.2) is 4.39 Å². The van der Waals surface area contributed by atoms with Crippen LogP contribution in [-0.4, -0.2) is 5.11 Å². The van der Waals surface area contributed by atoms with E-state index in [0.717, 1.165) is 11.1 Å². The lowest BCUT2D eigenvalue weighted by Gasteiger charge is -2.14. The predicted octanol–water partition coefficient (Wildman–Crippen LogP) is 4.37. The Bertz CT molecular complexity index is 595. The molecule has 0 heterocycles. The molecule has 19 heavy (non-hydrogen) atoms. The Labute approximate surface area is 117 Å². The summed E-state index contributed by atoms with van der Waals surface area (Å²) in [6.45, 7) is 4.02. The molecule has 0 aliphatic heterocycles. The molecule has 2 aromatic rings. The predicted molar refractivity (Wildman–Crippen MR) is 76.0 cm³/mol. The second-order valence-electron chi connectivity index (χ2n) is 4.78. The van der Waals surface area contributed by atoms with Gasteiger partial charge < -0.3 is 5.11 Å². The Morgan fingerprint density at radius 1 is 1.16 bits per heavy atom. The zero-order chi connectivity index (χ0) is 14.0. The van der Waals surface area contributed by atoms with E-state index in [1.807, 2.05) is 32.0 Å². The standard InChI is InChI=1S/C16H16ClFO/c1-10-6-7-12(8-11(10)2)15(19)9-13-4-3-5-14(18)16(13)17/h3-8,15,19H,9H2,1-2H3. The molecule has 2 aromatic carbocycles. The average molecular weight is 279 g/mol. The van der Waals surface area contributed by atoms with Gasteiger partial charge in [-0.1, -0.05) is 41.9 Å². The van der Waals surface area contributed by atoms with Gasteiger partial charge in [0, 0.05) is 6.42 Å². The molecule has 1 nitrogen and oxygen atoms in total. The smallest absolute Gasteiger partial charge is 0.142 e. The van der Waals surface area contributed by atoms with Gasteiger partial charge in [0.25, 0.3) is 0 Å².